The monoisotopic (exact) mass is 298 g/mol. The number of unbranched alkanes of at least 4 members (excludes halogenated alkanes) is 2. The second-order valence-corrected chi connectivity index (χ2v) is 5.73. The first-order chi connectivity index (χ1) is 9.38. The van der Waals surface area contributed by atoms with E-state index in [4.69, 9.17) is 6.42 Å². The molecule has 20 heavy (non-hydrogen) atoms. The van der Waals surface area contributed by atoms with Crippen molar-refractivity contribution in [1.29, 1.82) is 0 Å². The Labute approximate surface area is 116 Å². The van der Waals surface area contributed by atoms with Gasteiger partial charge in [0.15, 0.2) is 5.75 Å². The van der Waals surface area contributed by atoms with Crippen LogP contribution in [-0.4, -0.2) is 25.0 Å². The number of hydrogen-bond acceptors (Lipinski definition) is 5. The number of rotatable bonds is 7. The zero-order chi connectivity index (χ0) is 15.2. The normalized spacial score (nSPS) is 10.9. The summed E-state index contributed by atoms with van der Waals surface area (Å²) in [6.45, 7) is 0.193. The van der Waals surface area contributed by atoms with Crippen LogP contribution < -0.4 is 4.72 Å². The van der Waals surface area contributed by atoms with E-state index >= 15 is 0 Å². The summed E-state index contributed by atoms with van der Waals surface area (Å²) >= 11 is 0. The molecule has 1 rings (SSSR count). The Bertz CT molecular complexity index is 634. The van der Waals surface area contributed by atoms with Crippen LogP contribution in [0.15, 0.2) is 23.1 Å². The van der Waals surface area contributed by atoms with Crippen molar-refractivity contribution in [2.45, 2.75) is 24.2 Å². The van der Waals surface area contributed by atoms with Gasteiger partial charge in [0, 0.05) is 19.0 Å². The minimum absolute atomic E-state index is 0.193. The van der Waals surface area contributed by atoms with Gasteiger partial charge in [-0.2, -0.15) is 0 Å². The van der Waals surface area contributed by atoms with Crippen LogP contribution in [0.1, 0.15) is 19.3 Å². The molecule has 2 N–H and O–H groups in total. The molecule has 0 spiro atoms. The van der Waals surface area contributed by atoms with E-state index in [-0.39, 0.29) is 11.4 Å². The van der Waals surface area contributed by atoms with Crippen LogP contribution in [0.4, 0.5) is 5.69 Å². The van der Waals surface area contributed by atoms with Gasteiger partial charge in [0.25, 0.3) is 0 Å². The van der Waals surface area contributed by atoms with E-state index in [9.17, 15) is 23.6 Å². The largest absolute Gasteiger partial charge is 0.502 e. The molecule has 0 aromatic heterocycles. The third kappa shape index (κ3) is 4.22. The lowest BCUT2D eigenvalue weighted by Gasteiger charge is -2.06. The molecule has 0 fully saturated rings. The van der Waals surface area contributed by atoms with Crippen LogP contribution in [0.3, 0.4) is 0 Å². The third-order valence-electron chi connectivity index (χ3n) is 2.49. The molecule has 8 heteroatoms. The van der Waals surface area contributed by atoms with Gasteiger partial charge in [0.1, 0.15) is 0 Å². The maximum Gasteiger partial charge on any atom is 0.312 e. The molecule has 7 nitrogen and oxygen atoms in total. The molecule has 0 saturated carbocycles. The zero-order valence-corrected chi connectivity index (χ0v) is 11.4. The van der Waals surface area contributed by atoms with E-state index in [1.165, 1.54) is 0 Å². The summed E-state index contributed by atoms with van der Waals surface area (Å²) in [5, 5.41) is 19.9. The average Bonchev–Trinajstić information content (AvgIpc) is 2.38. The fraction of sp³-hybridized carbons (Fsp3) is 0.333. The first kappa shape index (κ1) is 15.9. The van der Waals surface area contributed by atoms with Gasteiger partial charge in [-0.25, -0.2) is 13.1 Å². The Kier molecular flexibility index (Phi) is 5.49. The number of benzene rings is 1. The van der Waals surface area contributed by atoms with Crippen LogP contribution in [-0.2, 0) is 10.0 Å². The fourth-order valence-electron chi connectivity index (χ4n) is 1.46. The summed E-state index contributed by atoms with van der Waals surface area (Å²) in [5.41, 5.74) is -0.653. The molecule has 0 saturated heterocycles. The highest BCUT2D eigenvalue weighted by molar-refractivity contribution is 7.89. The molecule has 0 amide bonds. The molecule has 0 atom stereocenters. The predicted octanol–water partition coefficient (Wildman–Crippen LogP) is 1.38. The summed E-state index contributed by atoms with van der Waals surface area (Å²) in [6.07, 6.45) is 6.89. The number of hydrogen-bond donors (Lipinski definition) is 2. The van der Waals surface area contributed by atoms with E-state index in [0.717, 1.165) is 18.2 Å². The van der Waals surface area contributed by atoms with Gasteiger partial charge >= 0.3 is 5.69 Å². The number of sulfonamides is 1. The van der Waals surface area contributed by atoms with Crippen molar-refractivity contribution < 1.29 is 18.4 Å². The number of nitro benzene ring substituents is 1. The molecule has 0 aliphatic rings. The Morgan fingerprint density at radius 1 is 1.40 bits per heavy atom. The molecule has 0 aliphatic heterocycles. The molecule has 0 unspecified atom stereocenters. The molecular formula is C12H14N2O5S. The molecule has 0 heterocycles. The smallest absolute Gasteiger partial charge is 0.312 e. The number of phenolic OH excluding ortho intramolecular Hbond substituents is 1. The van der Waals surface area contributed by atoms with Crippen LogP contribution in [0, 0.1) is 22.5 Å². The zero-order valence-electron chi connectivity index (χ0n) is 10.6. The number of nitrogens with one attached hydrogen (secondary N) is 1. The van der Waals surface area contributed by atoms with E-state index in [2.05, 4.69) is 10.6 Å². The molecule has 0 radical (unpaired) electrons. The van der Waals surface area contributed by atoms with E-state index in [0.29, 0.717) is 19.3 Å². The molecule has 108 valence electrons. The van der Waals surface area contributed by atoms with Gasteiger partial charge in [-0.1, -0.05) is 0 Å². The van der Waals surface area contributed by atoms with Gasteiger partial charge in [-0.3, -0.25) is 10.1 Å². The second-order valence-electron chi connectivity index (χ2n) is 3.97. The maximum atomic E-state index is 11.9. The highest BCUT2D eigenvalue weighted by atomic mass is 32.2. The van der Waals surface area contributed by atoms with E-state index in [1.54, 1.807) is 0 Å². The van der Waals surface area contributed by atoms with E-state index < -0.39 is 26.4 Å². The first-order valence-corrected chi connectivity index (χ1v) is 7.27. The lowest BCUT2D eigenvalue weighted by atomic mass is 10.2. The quantitative estimate of drug-likeness (QED) is 0.342. The average molecular weight is 298 g/mol. The van der Waals surface area contributed by atoms with E-state index in [1.807, 2.05) is 0 Å². The van der Waals surface area contributed by atoms with Gasteiger partial charge in [0.2, 0.25) is 10.0 Å². The molecular weight excluding hydrogens is 284 g/mol. The minimum Gasteiger partial charge on any atom is -0.502 e. The van der Waals surface area contributed by atoms with Crippen molar-refractivity contribution in [2.75, 3.05) is 6.54 Å². The Morgan fingerprint density at radius 2 is 2.10 bits per heavy atom. The Morgan fingerprint density at radius 3 is 2.70 bits per heavy atom. The SMILES string of the molecule is C#CCCCCNS(=O)(=O)c1ccc(O)c([N+](=O)[O-])c1. The number of nitrogens with zero attached hydrogens (tertiary/aromatic N) is 1. The molecule has 1 aromatic rings. The Balaban J connectivity index is 2.80. The highest BCUT2D eigenvalue weighted by Gasteiger charge is 2.20. The predicted molar refractivity (Wildman–Crippen MR) is 72.6 cm³/mol. The minimum atomic E-state index is -3.84. The van der Waals surface area contributed by atoms with Crippen molar-refractivity contribution >= 4 is 15.7 Å². The van der Waals surface area contributed by atoms with Crippen molar-refractivity contribution in [1.82, 2.24) is 4.72 Å². The fourth-order valence-corrected chi connectivity index (χ4v) is 2.55. The number of aromatic hydroxyl groups is 1. The van der Waals surface area contributed by atoms with Gasteiger partial charge in [-0.15, -0.1) is 12.3 Å². The maximum absolute atomic E-state index is 11.9. The molecule has 0 bridgehead atoms. The van der Waals surface area contributed by atoms with Crippen molar-refractivity contribution in [2.24, 2.45) is 0 Å². The van der Waals surface area contributed by atoms with Crippen molar-refractivity contribution in [3.8, 4) is 18.1 Å². The molecule has 1 aromatic carbocycles. The standard InChI is InChI=1S/C12H14N2O5S/c1-2-3-4-5-8-13-20(18,19)10-6-7-12(15)11(9-10)14(16)17/h1,6-7,9,13,15H,3-5,8H2. The lowest BCUT2D eigenvalue weighted by Crippen LogP contribution is -2.24. The van der Waals surface area contributed by atoms with Gasteiger partial charge < -0.3 is 5.11 Å². The lowest BCUT2D eigenvalue weighted by molar-refractivity contribution is -0.386. The summed E-state index contributed by atoms with van der Waals surface area (Å²) in [6, 6.07) is 2.90. The van der Waals surface area contributed by atoms with Crippen LogP contribution in [0.2, 0.25) is 0 Å². The summed E-state index contributed by atoms with van der Waals surface area (Å²) in [4.78, 5) is 9.53. The number of phenols is 1. The highest BCUT2D eigenvalue weighted by Crippen LogP contribution is 2.28. The van der Waals surface area contributed by atoms with Crippen LogP contribution >= 0.6 is 0 Å². The van der Waals surface area contributed by atoms with Crippen molar-refractivity contribution in [3.05, 3.63) is 28.3 Å². The number of terminal acetylenes is 1. The molecule has 0 aliphatic carbocycles. The summed E-state index contributed by atoms with van der Waals surface area (Å²) in [7, 11) is -3.84. The topological polar surface area (TPSA) is 110 Å². The van der Waals surface area contributed by atoms with Crippen molar-refractivity contribution in [3.63, 3.8) is 0 Å². The summed E-state index contributed by atoms with van der Waals surface area (Å²) < 4.78 is 26.1. The first-order valence-electron chi connectivity index (χ1n) is 5.79. The van der Waals surface area contributed by atoms with Gasteiger partial charge in [0.05, 0.1) is 9.82 Å². The van der Waals surface area contributed by atoms with Crippen LogP contribution in [0.25, 0.3) is 0 Å². The number of nitro groups is 1. The third-order valence-corrected chi connectivity index (χ3v) is 3.95. The van der Waals surface area contributed by atoms with Crippen LogP contribution in [0.5, 0.6) is 5.75 Å². The Hall–Kier alpha value is -2.11. The summed E-state index contributed by atoms with van der Waals surface area (Å²) in [5.74, 6) is 1.86. The second kappa shape index (κ2) is 6.88. The van der Waals surface area contributed by atoms with Gasteiger partial charge in [-0.05, 0) is 25.0 Å².